The van der Waals surface area contributed by atoms with Crippen LogP contribution in [0.25, 0.3) is 0 Å². The summed E-state index contributed by atoms with van der Waals surface area (Å²) in [7, 11) is 0. The highest BCUT2D eigenvalue weighted by atomic mass is 16.6. The van der Waals surface area contributed by atoms with Gasteiger partial charge < -0.3 is 9.47 Å². The van der Waals surface area contributed by atoms with Crippen LogP contribution in [0.15, 0.2) is 30.9 Å². The molecular formula is C16H20N4O2. The molecule has 2 aromatic rings. The van der Waals surface area contributed by atoms with Crippen LogP contribution in [0.5, 0.6) is 11.5 Å². The molecule has 1 aromatic carbocycles. The molecule has 6 nitrogen and oxygen atoms in total. The van der Waals surface area contributed by atoms with E-state index in [0.29, 0.717) is 19.3 Å². The molecule has 0 amide bonds. The molecule has 0 radical (unpaired) electrons. The number of hydrogen-bond donors (Lipinski definition) is 0. The number of fused-ring (bicyclic) bond motifs is 1. The average Bonchev–Trinajstić information content (AvgIpc) is 3.20. The minimum Gasteiger partial charge on any atom is -0.486 e. The van der Waals surface area contributed by atoms with E-state index in [1.165, 1.54) is 18.4 Å². The van der Waals surface area contributed by atoms with Crippen molar-refractivity contribution in [3.63, 3.8) is 0 Å². The fraction of sp³-hybridized carbons (Fsp3) is 0.500. The van der Waals surface area contributed by atoms with Gasteiger partial charge in [0.2, 0.25) is 0 Å². The van der Waals surface area contributed by atoms with Gasteiger partial charge in [-0.05, 0) is 37.1 Å². The number of hydrogen-bond acceptors (Lipinski definition) is 5. The molecule has 6 heteroatoms. The summed E-state index contributed by atoms with van der Waals surface area (Å²) in [6, 6.07) is 6.79. The fourth-order valence-electron chi connectivity index (χ4n) is 3.27. The maximum atomic E-state index is 5.67. The van der Waals surface area contributed by atoms with Crippen LogP contribution in [0.1, 0.15) is 18.4 Å². The third-order valence-electron chi connectivity index (χ3n) is 4.36. The smallest absolute Gasteiger partial charge is 0.161 e. The number of likely N-dealkylation sites (tertiary alicyclic amines) is 1. The molecule has 1 atom stereocenters. The molecule has 0 spiro atoms. The summed E-state index contributed by atoms with van der Waals surface area (Å²) in [4.78, 5) is 6.55. The Morgan fingerprint density at radius 1 is 1.18 bits per heavy atom. The zero-order valence-electron chi connectivity index (χ0n) is 12.5. The van der Waals surface area contributed by atoms with Gasteiger partial charge in [0, 0.05) is 12.6 Å². The van der Waals surface area contributed by atoms with Crippen LogP contribution in [-0.2, 0) is 13.1 Å². The van der Waals surface area contributed by atoms with Crippen molar-refractivity contribution in [3.05, 3.63) is 36.4 Å². The first-order valence-electron chi connectivity index (χ1n) is 7.83. The lowest BCUT2D eigenvalue weighted by Crippen LogP contribution is -2.32. The van der Waals surface area contributed by atoms with E-state index in [0.717, 1.165) is 31.1 Å². The summed E-state index contributed by atoms with van der Waals surface area (Å²) >= 11 is 0. The molecule has 2 aliphatic rings. The standard InChI is InChI=1S/C16H20N4O2/c1-2-14(10-20-12-17-11-18-20)19(5-1)9-13-3-4-15-16(8-13)22-7-6-21-15/h3-4,8,11-12,14H,1-2,5-7,9-10H2/t14-/m0/s1. The number of aromatic nitrogens is 3. The van der Waals surface area contributed by atoms with Crippen LogP contribution < -0.4 is 9.47 Å². The van der Waals surface area contributed by atoms with Gasteiger partial charge in [0.05, 0.1) is 6.54 Å². The van der Waals surface area contributed by atoms with E-state index in [1.807, 2.05) is 10.7 Å². The van der Waals surface area contributed by atoms with Crippen LogP contribution in [0, 0.1) is 0 Å². The van der Waals surface area contributed by atoms with Crippen molar-refractivity contribution in [2.24, 2.45) is 0 Å². The number of benzene rings is 1. The molecule has 22 heavy (non-hydrogen) atoms. The normalized spacial score (nSPS) is 21.2. The van der Waals surface area contributed by atoms with Crippen LogP contribution in [0.3, 0.4) is 0 Å². The molecule has 1 fully saturated rings. The van der Waals surface area contributed by atoms with Gasteiger partial charge in [-0.1, -0.05) is 6.07 Å². The average molecular weight is 300 g/mol. The summed E-state index contributed by atoms with van der Waals surface area (Å²) in [5.74, 6) is 1.73. The topological polar surface area (TPSA) is 52.4 Å². The van der Waals surface area contributed by atoms with Crippen LogP contribution in [-0.4, -0.2) is 45.5 Å². The summed E-state index contributed by atoms with van der Waals surface area (Å²) in [6.45, 7) is 4.25. The molecule has 0 saturated carbocycles. The van der Waals surface area contributed by atoms with E-state index in [1.54, 1.807) is 12.7 Å². The Morgan fingerprint density at radius 2 is 2.09 bits per heavy atom. The minimum atomic E-state index is 0.523. The summed E-state index contributed by atoms with van der Waals surface area (Å²) in [6.07, 6.45) is 5.84. The molecule has 1 saturated heterocycles. The van der Waals surface area contributed by atoms with E-state index in [9.17, 15) is 0 Å². The van der Waals surface area contributed by atoms with E-state index in [4.69, 9.17) is 9.47 Å². The first-order chi connectivity index (χ1) is 10.9. The Balaban J connectivity index is 1.45. The molecular weight excluding hydrogens is 280 g/mol. The molecule has 0 unspecified atom stereocenters. The molecule has 116 valence electrons. The monoisotopic (exact) mass is 300 g/mol. The lowest BCUT2D eigenvalue weighted by Gasteiger charge is -2.25. The van der Waals surface area contributed by atoms with Crippen molar-refractivity contribution >= 4 is 0 Å². The number of nitrogens with zero attached hydrogens (tertiary/aromatic N) is 4. The second kappa shape index (κ2) is 5.96. The van der Waals surface area contributed by atoms with Gasteiger partial charge >= 0.3 is 0 Å². The molecule has 3 heterocycles. The summed E-state index contributed by atoms with van der Waals surface area (Å²) < 4.78 is 13.2. The lowest BCUT2D eigenvalue weighted by atomic mass is 10.1. The first kappa shape index (κ1) is 13.6. The molecule has 2 aliphatic heterocycles. The maximum Gasteiger partial charge on any atom is 0.161 e. The zero-order valence-corrected chi connectivity index (χ0v) is 12.5. The Bertz CT molecular complexity index is 629. The summed E-state index contributed by atoms with van der Waals surface area (Å²) in [5, 5.41) is 4.22. The van der Waals surface area contributed by atoms with E-state index in [2.05, 4.69) is 27.1 Å². The van der Waals surface area contributed by atoms with E-state index >= 15 is 0 Å². The SMILES string of the molecule is c1ncn(C[C@@H]2CCCN2Cc2ccc3c(c2)OCCO3)n1. The predicted octanol–water partition coefficient (Wildman–Crippen LogP) is 1.71. The van der Waals surface area contributed by atoms with Gasteiger partial charge in [0.25, 0.3) is 0 Å². The highest BCUT2D eigenvalue weighted by molar-refractivity contribution is 5.43. The Hall–Kier alpha value is -2.08. The van der Waals surface area contributed by atoms with Crippen molar-refractivity contribution in [1.82, 2.24) is 19.7 Å². The van der Waals surface area contributed by atoms with E-state index < -0.39 is 0 Å². The quantitative estimate of drug-likeness (QED) is 0.860. The van der Waals surface area contributed by atoms with Crippen LogP contribution in [0.4, 0.5) is 0 Å². The fourth-order valence-corrected chi connectivity index (χ4v) is 3.27. The molecule has 0 aliphatic carbocycles. The van der Waals surface area contributed by atoms with E-state index in [-0.39, 0.29) is 0 Å². The largest absolute Gasteiger partial charge is 0.486 e. The van der Waals surface area contributed by atoms with Crippen molar-refractivity contribution in [1.29, 1.82) is 0 Å². The lowest BCUT2D eigenvalue weighted by molar-refractivity contribution is 0.170. The van der Waals surface area contributed by atoms with Crippen molar-refractivity contribution in [2.45, 2.75) is 32.0 Å². The Morgan fingerprint density at radius 3 is 2.95 bits per heavy atom. The van der Waals surface area contributed by atoms with Gasteiger partial charge in [-0.15, -0.1) is 0 Å². The van der Waals surface area contributed by atoms with Crippen LogP contribution in [0.2, 0.25) is 0 Å². The summed E-state index contributed by atoms with van der Waals surface area (Å²) in [5.41, 5.74) is 1.27. The Labute approximate surface area is 129 Å². The third kappa shape index (κ3) is 2.78. The number of ether oxygens (including phenoxy) is 2. The first-order valence-corrected chi connectivity index (χ1v) is 7.83. The van der Waals surface area contributed by atoms with Crippen molar-refractivity contribution < 1.29 is 9.47 Å². The van der Waals surface area contributed by atoms with Crippen molar-refractivity contribution in [2.75, 3.05) is 19.8 Å². The second-order valence-corrected chi connectivity index (χ2v) is 5.86. The molecule has 0 bridgehead atoms. The highest BCUT2D eigenvalue weighted by Gasteiger charge is 2.25. The minimum absolute atomic E-state index is 0.523. The van der Waals surface area contributed by atoms with Crippen LogP contribution >= 0.6 is 0 Å². The highest BCUT2D eigenvalue weighted by Crippen LogP contribution is 2.32. The maximum absolute atomic E-state index is 5.67. The molecule has 1 aromatic heterocycles. The molecule has 4 rings (SSSR count). The van der Waals surface area contributed by atoms with Gasteiger partial charge in [-0.3, -0.25) is 9.58 Å². The third-order valence-corrected chi connectivity index (χ3v) is 4.36. The predicted molar refractivity (Wildman–Crippen MR) is 80.9 cm³/mol. The van der Waals surface area contributed by atoms with Crippen molar-refractivity contribution in [3.8, 4) is 11.5 Å². The van der Waals surface area contributed by atoms with Gasteiger partial charge in [0.15, 0.2) is 11.5 Å². The number of rotatable bonds is 4. The molecule has 0 N–H and O–H groups in total. The Kier molecular flexibility index (Phi) is 3.68. The van der Waals surface area contributed by atoms with Gasteiger partial charge in [-0.2, -0.15) is 5.10 Å². The van der Waals surface area contributed by atoms with Gasteiger partial charge in [-0.25, -0.2) is 4.98 Å². The zero-order chi connectivity index (χ0) is 14.8. The second-order valence-electron chi connectivity index (χ2n) is 5.86. The van der Waals surface area contributed by atoms with Gasteiger partial charge in [0.1, 0.15) is 25.9 Å².